The zero-order valence-electron chi connectivity index (χ0n) is 5.63. The third-order valence-corrected chi connectivity index (χ3v) is 1.82. The van der Waals surface area contributed by atoms with E-state index in [4.69, 9.17) is 0 Å². The van der Waals surface area contributed by atoms with Crippen LogP contribution in [0.15, 0.2) is 10.9 Å². The molecule has 1 aliphatic carbocycles. The lowest BCUT2D eigenvalue weighted by Crippen LogP contribution is -2.33. The monoisotopic (exact) mass is 160 g/mol. The van der Waals surface area contributed by atoms with Crippen molar-refractivity contribution in [3.63, 3.8) is 0 Å². The Balaban J connectivity index is 2.03. The molecule has 2 rings (SSSR count). The van der Waals surface area contributed by atoms with Crippen LogP contribution >= 0.6 is 0 Å². The Morgan fingerprint density at radius 2 is 2.27 bits per heavy atom. The summed E-state index contributed by atoms with van der Waals surface area (Å²) in [6, 6.07) is 0. The summed E-state index contributed by atoms with van der Waals surface area (Å²) in [6.45, 7) is 0. The zero-order chi connectivity index (χ0) is 7.90. The van der Waals surface area contributed by atoms with Crippen LogP contribution in [0.4, 0.5) is 8.78 Å². The van der Waals surface area contributed by atoms with Gasteiger partial charge in [0.1, 0.15) is 0 Å². The Labute approximate surface area is 61.4 Å². The Morgan fingerprint density at radius 3 is 2.73 bits per heavy atom. The summed E-state index contributed by atoms with van der Waals surface area (Å²) in [5.41, 5.74) is 0. The first-order chi connectivity index (χ1) is 5.17. The second-order valence-corrected chi connectivity index (χ2v) is 2.74. The highest BCUT2D eigenvalue weighted by Gasteiger charge is 2.48. The van der Waals surface area contributed by atoms with Gasteiger partial charge < -0.3 is 4.52 Å². The van der Waals surface area contributed by atoms with Gasteiger partial charge in [0.2, 0.25) is 11.8 Å². The summed E-state index contributed by atoms with van der Waals surface area (Å²) >= 11 is 0. The molecule has 0 aliphatic heterocycles. The highest BCUT2D eigenvalue weighted by atomic mass is 19.3. The maximum atomic E-state index is 12.3. The third-order valence-electron chi connectivity index (χ3n) is 1.82. The molecule has 0 bridgehead atoms. The van der Waals surface area contributed by atoms with Crippen LogP contribution in [0.5, 0.6) is 0 Å². The summed E-state index contributed by atoms with van der Waals surface area (Å²) in [6.07, 6.45) is 0.913. The van der Waals surface area contributed by atoms with Crippen molar-refractivity contribution in [1.82, 2.24) is 10.1 Å². The van der Waals surface area contributed by atoms with Crippen molar-refractivity contribution < 1.29 is 13.3 Å². The Hall–Kier alpha value is -1.00. The van der Waals surface area contributed by atoms with Gasteiger partial charge in [0.15, 0.2) is 6.33 Å². The van der Waals surface area contributed by atoms with Gasteiger partial charge in [0.25, 0.3) is 0 Å². The van der Waals surface area contributed by atoms with Crippen LogP contribution in [-0.2, 0) is 0 Å². The van der Waals surface area contributed by atoms with Crippen molar-refractivity contribution in [2.45, 2.75) is 24.7 Å². The van der Waals surface area contributed by atoms with Gasteiger partial charge in [0, 0.05) is 18.8 Å². The van der Waals surface area contributed by atoms with E-state index in [0.29, 0.717) is 5.89 Å². The van der Waals surface area contributed by atoms with E-state index in [-0.39, 0.29) is 18.8 Å². The molecule has 5 heteroatoms. The van der Waals surface area contributed by atoms with E-state index in [0.717, 1.165) is 0 Å². The molecular weight excluding hydrogens is 154 g/mol. The van der Waals surface area contributed by atoms with Gasteiger partial charge in [-0.05, 0) is 0 Å². The van der Waals surface area contributed by atoms with Gasteiger partial charge in [-0.2, -0.15) is 4.98 Å². The molecule has 1 fully saturated rings. The van der Waals surface area contributed by atoms with Crippen LogP contribution in [0.3, 0.4) is 0 Å². The highest BCUT2D eigenvalue weighted by molar-refractivity contribution is 5.02. The number of halogens is 2. The van der Waals surface area contributed by atoms with E-state index in [1.807, 2.05) is 0 Å². The Morgan fingerprint density at radius 1 is 1.55 bits per heavy atom. The molecule has 1 aliphatic rings. The van der Waals surface area contributed by atoms with Gasteiger partial charge in [-0.3, -0.25) is 0 Å². The third kappa shape index (κ3) is 1.10. The van der Waals surface area contributed by atoms with Crippen molar-refractivity contribution >= 4 is 0 Å². The molecule has 60 valence electrons. The first kappa shape index (κ1) is 6.69. The van der Waals surface area contributed by atoms with E-state index < -0.39 is 5.92 Å². The van der Waals surface area contributed by atoms with Crippen LogP contribution < -0.4 is 0 Å². The molecule has 0 aromatic carbocycles. The van der Waals surface area contributed by atoms with E-state index in [1.165, 1.54) is 6.33 Å². The molecular formula is C6H6F2N2O. The number of rotatable bonds is 1. The van der Waals surface area contributed by atoms with Gasteiger partial charge >= 0.3 is 0 Å². The van der Waals surface area contributed by atoms with E-state index in [9.17, 15) is 8.78 Å². The van der Waals surface area contributed by atoms with Crippen LogP contribution in [0.2, 0.25) is 0 Å². The van der Waals surface area contributed by atoms with Crippen molar-refractivity contribution in [2.75, 3.05) is 0 Å². The Bertz CT molecular complexity index is 239. The molecule has 0 spiro atoms. The van der Waals surface area contributed by atoms with E-state index in [1.54, 1.807) is 0 Å². The highest BCUT2D eigenvalue weighted by Crippen LogP contribution is 2.47. The average Bonchev–Trinajstić information content (AvgIpc) is 2.32. The Kier molecular flexibility index (Phi) is 1.21. The summed E-state index contributed by atoms with van der Waals surface area (Å²) in [5, 5.41) is 3.34. The predicted molar refractivity (Wildman–Crippen MR) is 31.2 cm³/mol. The van der Waals surface area contributed by atoms with E-state index in [2.05, 4.69) is 14.7 Å². The fourth-order valence-electron chi connectivity index (χ4n) is 1.20. The second kappa shape index (κ2) is 1.99. The number of hydrogen-bond acceptors (Lipinski definition) is 3. The van der Waals surface area contributed by atoms with Gasteiger partial charge in [-0.1, -0.05) is 5.16 Å². The zero-order valence-corrected chi connectivity index (χ0v) is 5.63. The summed E-state index contributed by atoms with van der Waals surface area (Å²) in [7, 11) is 0. The normalized spacial score (nSPS) is 23.1. The van der Waals surface area contributed by atoms with Crippen LogP contribution in [0, 0.1) is 0 Å². The standard InChI is InChI=1S/C6H6F2N2O/c7-6(8)1-4(2-6)5-9-3-10-11-5/h3-4H,1-2H2. The van der Waals surface area contributed by atoms with Crippen LogP contribution in [-0.4, -0.2) is 16.1 Å². The molecule has 1 heterocycles. The maximum Gasteiger partial charge on any atom is 0.249 e. The second-order valence-electron chi connectivity index (χ2n) is 2.74. The molecule has 0 atom stereocenters. The minimum absolute atomic E-state index is 0.158. The molecule has 0 saturated heterocycles. The first-order valence-corrected chi connectivity index (χ1v) is 3.32. The lowest BCUT2D eigenvalue weighted by Gasteiger charge is -2.31. The van der Waals surface area contributed by atoms with Crippen molar-refractivity contribution in [3.05, 3.63) is 12.2 Å². The molecule has 0 amide bonds. The largest absolute Gasteiger partial charge is 0.339 e. The molecule has 3 nitrogen and oxygen atoms in total. The maximum absolute atomic E-state index is 12.3. The van der Waals surface area contributed by atoms with Crippen molar-refractivity contribution in [1.29, 1.82) is 0 Å². The van der Waals surface area contributed by atoms with Gasteiger partial charge in [-0.15, -0.1) is 0 Å². The number of hydrogen-bond donors (Lipinski definition) is 0. The van der Waals surface area contributed by atoms with Crippen molar-refractivity contribution in [2.24, 2.45) is 0 Å². The quantitative estimate of drug-likeness (QED) is 0.626. The summed E-state index contributed by atoms with van der Waals surface area (Å²) in [5.74, 6) is -2.41. The smallest absolute Gasteiger partial charge is 0.249 e. The topological polar surface area (TPSA) is 38.9 Å². The summed E-state index contributed by atoms with van der Waals surface area (Å²) in [4.78, 5) is 3.69. The van der Waals surface area contributed by atoms with Crippen LogP contribution in [0.25, 0.3) is 0 Å². The molecule has 0 unspecified atom stereocenters. The minimum atomic E-state index is -2.51. The molecule has 1 aromatic heterocycles. The number of alkyl halides is 2. The first-order valence-electron chi connectivity index (χ1n) is 3.32. The lowest BCUT2D eigenvalue weighted by molar-refractivity contribution is -0.0925. The van der Waals surface area contributed by atoms with Gasteiger partial charge in [-0.25, -0.2) is 8.78 Å². The number of nitrogens with zero attached hydrogens (tertiary/aromatic N) is 2. The average molecular weight is 160 g/mol. The lowest BCUT2D eigenvalue weighted by atomic mass is 9.81. The number of aromatic nitrogens is 2. The van der Waals surface area contributed by atoms with Gasteiger partial charge in [0.05, 0.1) is 0 Å². The predicted octanol–water partition coefficient (Wildman–Crippen LogP) is 1.58. The molecule has 11 heavy (non-hydrogen) atoms. The molecule has 0 radical (unpaired) electrons. The minimum Gasteiger partial charge on any atom is -0.339 e. The molecule has 1 aromatic rings. The molecule has 1 saturated carbocycles. The van der Waals surface area contributed by atoms with Crippen LogP contribution in [0.1, 0.15) is 24.7 Å². The van der Waals surface area contributed by atoms with E-state index >= 15 is 0 Å². The van der Waals surface area contributed by atoms with Crippen molar-refractivity contribution in [3.8, 4) is 0 Å². The summed E-state index contributed by atoms with van der Waals surface area (Å²) < 4.78 is 29.2. The fraction of sp³-hybridized carbons (Fsp3) is 0.667. The molecule has 0 N–H and O–H groups in total. The SMILES string of the molecule is FC1(F)CC(c2ncno2)C1. The fourth-order valence-corrected chi connectivity index (χ4v) is 1.20.